The average molecular weight is 181 g/mol. The first kappa shape index (κ1) is 8.56. The van der Waals surface area contributed by atoms with Gasteiger partial charge >= 0.3 is 5.69 Å². The van der Waals surface area contributed by atoms with Crippen molar-refractivity contribution in [1.82, 2.24) is 9.55 Å². The first-order valence-electron chi connectivity index (χ1n) is 4.75. The van der Waals surface area contributed by atoms with Crippen LogP contribution in [0.25, 0.3) is 0 Å². The molecule has 3 N–H and O–H groups in total. The zero-order valence-corrected chi connectivity index (χ0v) is 7.62. The highest BCUT2D eigenvalue weighted by Crippen LogP contribution is 2.34. The Morgan fingerprint density at radius 1 is 1.54 bits per heavy atom. The summed E-state index contributed by atoms with van der Waals surface area (Å²) in [5.41, 5.74) is 5.62. The molecule has 0 aliphatic heterocycles. The molecule has 0 saturated heterocycles. The van der Waals surface area contributed by atoms with Crippen molar-refractivity contribution in [3.05, 3.63) is 22.9 Å². The Kier molecular flexibility index (Phi) is 2.00. The maximum atomic E-state index is 11.4. The SMILES string of the molecule is NCC1(n2cc[nH]c2=O)CCCC1. The van der Waals surface area contributed by atoms with Crippen molar-refractivity contribution in [3.63, 3.8) is 0 Å². The van der Waals surface area contributed by atoms with Gasteiger partial charge in [-0.25, -0.2) is 4.79 Å². The minimum absolute atomic E-state index is 0.0349. The average Bonchev–Trinajstić information content (AvgIpc) is 2.73. The van der Waals surface area contributed by atoms with E-state index in [0.717, 1.165) is 12.8 Å². The Hall–Kier alpha value is -1.03. The van der Waals surface area contributed by atoms with Crippen LogP contribution in [0.5, 0.6) is 0 Å². The minimum Gasteiger partial charge on any atom is -0.328 e. The molecule has 13 heavy (non-hydrogen) atoms. The van der Waals surface area contributed by atoms with Gasteiger partial charge in [0.25, 0.3) is 0 Å². The maximum absolute atomic E-state index is 11.4. The predicted molar refractivity (Wildman–Crippen MR) is 50.5 cm³/mol. The van der Waals surface area contributed by atoms with Gasteiger partial charge in [-0.05, 0) is 12.8 Å². The summed E-state index contributed by atoms with van der Waals surface area (Å²) in [6, 6.07) is 0. The summed E-state index contributed by atoms with van der Waals surface area (Å²) in [6.45, 7) is 0.560. The summed E-state index contributed by atoms with van der Waals surface area (Å²) in [4.78, 5) is 14.1. The van der Waals surface area contributed by atoms with Crippen LogP contribution in [0.3, 0.4) is 0 Å². The molecule has 0 unspecified atom stereocenters. The lowest BCUT2D eigenvalue weighted by molar-refractivity contribution is 0.295. The quantitative estimate of drug-likeness (QED) is 0.693. The van der Waals surface area contributed by atoms with E-state index in [4.69, 9.17) is 5.73 Å². The smallest absolute Gasteiger partial charge is 0.326 e. The van der Waals surface area contributed by atoms with E-state index in [-0.39, 0.29) is 11.2 Å². The maximum Gasteiger partial charge on any atom is 0.326 e. The summed E-state index contributed by atoms with van der Waals surface area (Å²) < 4.78 is 1.76. The Bertz CT molecular complexity index is 333. The summed E-state index contributed by atoms with van der Waals surface area (Å²) >= 11 is 0. The number of nitrogens with zero attached hydrogens (tertiary/aromatic N) is 1. The lowest BCUT2D eigenvalue weighted by Gasteiger charge is -2.27. The molecule has 1 aromatic rings. The Balaban J connectivity index is 2.42. The van der Waals surface area contributed by atoms with Crippen molar-refractivity contribution < 1.29 is 0 Å². The van der Waals surface area contributed by atoms with Gasteiger partial charge in [0.1, 0.15) is 0 Å². The second kappa shape index (κ2) is 3.03. The number of hydrogen-bond donors (Lipinski definition) is 2. The Morgan fingerprint density at radius 2 is 2.23 bits per heavy atom. The molecular formula is C9H15N3O. The zero-order valence-electron chi connectivity index (χ0n) is 7.62. The fraction of sp³-hybridized carbons (Fsp3) is 0.667. The molecule has 4 heteroatoms. The van der Waals surface area contributed by atoms with E-state index in [2.05, 4.69) is 4.98 Å². The predicted octanol–water partition coefficient (Wildman–Crippen LogP) is 0.404. The van der Waals surface area contributed by atoms with E-state index in [9.17, 15) is 4.79 Å². The van der Waals surface area contributed by atoms with Crippen LogP contribution in [0.1, 0.15) is 25.7 Å². The molecule has 0 amide bonds. The van der Waals surface area contributed by atoms with E-state index in [0.29, 0.717) is 6.54 Å². The van der Waals surface area contributed by atoms with E-state index < -0.39 is 0 Å². The highest BCUT2D eigenvalue weighted by Gasteiger charge is 2.35. The topological polar surface area (TPSA) is 63.8 Å². The Morgan fingerprint density at radius 3 is 2.69 bits per heavy atom. The minimum atomic E-state index is -0.100. The van der Waals surface area contributed by atoms with Crippen molar-refractivity contribution >= 4 is 0 Å². The molecule has 72 valence electrons. The number of imidazole rings is 1. The molecule has 4 nitrogen and oxygen atoms in total. The third-order valence-electron chi connectivity index (χ3n) is 3.07. The van der Waals surface area contributed by atoms with Crippen molar-refractivity contribution in [3.8, 4) is 0 Å². The summed E-state index contributed by atoms with van der Waals surface area (Å²) in [6.07, 6.45) is 7.89. The molecule has 0 atom stereocenters. The van der Waals surface area contributed by atoms with Gasteiger partial charge in [-0.3, -0.25) is 4.57 Å². The van der Waals surface area contributed by atoms with Gasteiger partial charge in [-0.1, -0.05) is 12.8 Å². The fourth-order valence-electron chi connectivity index (χ4n) is 2.27. The number of nitrogens with two attached hydrogens (primary N) is 1. The largest absolute Gasteiger partial charge is 0.328 e. The third-order valence-corrected chi connectivity index (χ3v) is 3.07. The highest BCUT2D eigenvalue weighted by atomic mass is 16.1. The number of rotatable bonds is 2. The van der Waals surface area contributed by atoms with Crippen molar-refractivity contribution in [1.29, 1.82) is 0 Å². The van der Waals surface area contributed by atoms with Gasteiger partial charge in [-0.2, -0.15) is 0 Å². The molecule has 0 radical (unpaired) electrons. The normalized spacial score (nSPS) is 20.7. The van der Waals surface area contributed by atoms with Crippen LogP contribution in [-0.2, 0) is 5.54 Å². The van der Waals surface area contributed by atoms with Crippen molar-refractivity contribution in [2.45, 2.75) is 31.2 Å². The standard InChI is InChI=1S/C9H15N3O/c10-7-9(3-1-2-4-9)12-6-5-11-8(12)13/h5-6H,1-4,7,10H2,(H,11,13). The first-order chi connectivity index (χ1) is 6.28. The lowest BCUT2D eigenvalue weighted by Crippen LogP contribution is -2.43. The second-order valence-corrected chi connectivity index (χ2v) is 3.77. The first-order valence-corrected chi connectivity index (χ1v) is 4.75. The highest BCUT2D eigenvalue weighted by molar-refractivity contribution is 4.96. The van der Waals surface area contributed by atoms with Crippen LogP contribution in [0.15, 0.2) is 17.2 Å². The van der Waals surface area contributed by atoms with E-state index >= 15 is 0 Å². The van der Waals surface area contributed by atoms with Gasteiger partial charge in [-0.15, -0.1) is 0 Å². The second-order valence-electron chi connectivity index (χ2n) is 3.77. The number of aromatic amines is 1. The van der Waals surface area contributed by atoms with Crippen LogP contribution >= 0.6 is 0 Å². The number of nitrogens with one attached hydrogen (secondary N) is 1. The molecule has 1 saturated carbocycles. The molecular weight excluding hydrogens is 166 g/mol. The molecule has 2 rings (SSSR count). The molecule has 0 aromatic carbocycles. The van der Waals surface area contributed by atoms with Gasteiger partial charge < -0.3 is 10.7 Å². The molecule has 0 bridgehead atoms. The van der Waals surface area contributed by atoms with Gasteiger partial charge in [0.15, 0.2) is 0 Å². The third kappa shape index (κ3) is 1.21. The lowest BCUT2D eigenvalue weighted by atomic mass is 9.98. The fourth-order valence-corrected chi connectivity index (χ4v) is 2.27. The number of H-pyrrole nitrogens is 1. The van der Waals surface area contributed by atoms with Crippen LogP contribution < -0.4 is 11.4 Å². The van der Waals surface area contributed by atoms with Crippen LogP contribution in [0, 0.1) is 0 Å². The van der Waals surface area contributed by atoms with Crippen molar-refractivity contribution in [2.24, 2.45) is 5.73 Å². The van der Waals surface area contributed by atoms with Gasteiger partial charge in [0.05, 0.1) is 5.54 Å². The molecule has 1 fully saturated rings. The van der Waals surface area contributed by atoms with Crippen molar-refractivity contribution in [2.75, 3.05) is 6.54 Å². The van der Waals surface area contributed by atoms with E-state index in [1.807, 2.05) is 0 Å². The van der Waals surface area contributed by atoms with Crippen LogP contribution in [0.4, 0.5) is 0 Å². The van der Waals surface area contributed by atoms with Gasteiger partial charge in [0.2, 0.25) is 0 Å². The summed E-state index contributed by atoms with van der Waals surface area (Å²) in [7, 11) is 0. The number of hydrogen-bond acceptors (Lipinski definition) is 2. The molecule has 1 aliphatic rings. The van der Waals surface area contributed by atoms with E-state index in [1.54, 1.807) is 17.0 Å². The molecule has 1 heterocycles. The van der Waals surface area contributed by atoms with E-state index in [1.165, 1.54) is 12.8 Å². The summed E-state index contributed by atoms with van der Waals surface area (Å²) in [5.74, 6) is 0. The van der Waals surface area contributed by atoms with Crippen LogP contribution in [0.2, 0.25) is 0 Å². The van der Waals surface area contributed by atoms with Crippen LogP contribution in [-0.4, -0.2) is 16.1 Å². The summed E-state index contributed by atoms with van der Waals surface area (Å²) in [5, 5.41) is 0. The Labute approximate surface area is 76.8 Å². The molecule has 1 aliphatic carbocycles. The zero-order chi connectivity index (χ0) is 9.31. The molecule has 1 aromatic heterocycles. The van der Waals surface area contributed by atoms with Gasteiger partial charge in [0, 0.05) is 18.9 Å². The number of aromatic nitrogens is 2. The molecule has 0 spiro atoms. The monoisotopic (exact) mass is 181 g/mol.